The molecule has 0 radical (unpaired) electrons. The van der Waals surface area contributed by atoms with Gasteiger partial charge in [-0.25, -0.2) is 0 Å². The fourth-order valence-corrected chi connectivity index (χ4v) is 2.24. The Morgan fingerprint density at radius 1 is 0.880 bits per heavy atom. The molecule has 0 saturated carbocycles. The SMILES string of the molecule is N[C@@H](CCC(=O)O)C(=O)O.[CH2-]CCCCCCCCCCCCC.[Na+]. The molecule has 6 heteroatoms. The van der Waals surface area contributed by atoms with Crippen LogP contribution in [0.1, 0.15) is 96.8 Å². The van der Waals surface area contributed by atoms with Crippen LogP contribution in [0.15, 0.2) is 0 Å². The van der Waals surface area contributed by atoms with Gasteiger partial charge in [0, 0.05) is 6.42 Å². The number of carboxylic acids is 2. The van der Waals surface area contributed by atoms with E-state index in [0.29, 0.717) is 0 Å². The van der Waals surface area contributed by atoms with Gasteiger partial charge in [-0.3, -0.25) is 9.59 Å². The minimum absolute atomic E-state index is 0. The molecule has 0 amide bonds. The molecule has 5 nitrogen and oxygen atoms in total. The first-order valence-corrected chi connectivity index (χ1v) is 9.45. The third kappa shape index (κ3) is 28.9. The first-order chi connectivity index (χ1) is 11.5. The summed E-state index contributed by atoms with van der Waals surface area (Å²) in [6, 6.07) is -1.06. The number of unbranched alkanes of at least 4 members (excludes halogenated alkanes) is 11. The molecule has 25 heavy (non-hydrogen) atoms. The number of nitrogens with two attached hydrogens (primary N) is 1. The molecule has 0 unspecified atom stereocenters. The zero-order valence-corrected chi connectivity index (χ0v) is 18.5. The first-order valence-electron chi connectivity index (χ1n) is 9.45. The second-order valence-corrected chi connectivity index (χ2v) is 6.27. The predicted octanol–water partition coefficient (Wildman–Crippen LogP) is 1.79. The minimum atomic E-state index is -1.17. The molecule has 0 aliphatic carbocycles. The van der Waals surface area contributed by atoms with Crippen LogP contribution in [0.3, 0.4) is 0 Å². The van der Waals surface area contributed by atoms with Crippen molar-refractivity contribution in [3.63, 3.8) is 0 Å². The largest absolute Gasteiger partial charge is 1.00 e. The number of carbonyl (C=O) groups is 2. The second-order valence-electron chi connectivity index (χ2n) is 6.27. The first kappa shape index (κ1) is 29.7. The standard InChI is InChI=1S/C14H29.C5H9NO4.Na/c1-3-5-7-9-11-13-14-12-10-8-6-4-2;6-3(5(9)10)1-2-4(7)8;/h1,3-14H2,2H3;3H,1-2,6H2,(H,7,8)(H,9,10);/q-1;;+1/t;3-;/m.0./s1. The van der Waals surface area contributed by atoms with E-state index in [1.807, 2.05) is 0 Å². The number of hydrogen-bond acceptors (Lipinski definition) is 3. The summed E-state index contributed by atoms with van der Waals surface area (Å²) in [5, 5.41) is 16.3. The molecular formula is C19H38NNaO4. The molecule has 0 aromatic carbocycles. The van der Waals surface area contributed by atoms with Crippen LogP contribution >= 0.6 is 0 Å². The normalized spacial score (nSPS) is 11.0. The van der Waals surface area contributed by atoms with E-state index in [1.165, 1.54) is 70.6 Å². The molecule has 0 spiro atoms. The summed E-state index contributed by atoms with van der Waals surface area (Å²) in [7, 11) is 0. The molecule has 144 valence electrons. The molecule has 0 heterocycles. The van der Waals surface area contributed by atoms with Crippen LogP contribution in [-0.2, 0) is 9.59 Å². The van der Waals surface area contributed by atoms with Gasteiger partial charge in [-0.05, 0) is 6.42 Å². The number of aliphatic carboxylic acids is 2. The van der Waals surface area contributed by atoms with Crippen LogP contribution < -0.4 is 35.3 Å². The van der Waals surface area contributed by atoms with Gasteiger partial charge >= 0.3 is 41.5 Å². The molecule has 0 rings (SSSR count). The Kier molecular flexibility index (Phi) is 28.4. The van der Waals surface area contributed by atoms with Crippen molar-refractivity contribution in [3.8, 4) is 0 Å². The van der Waals surface area contributed by atoms with E-state index < -0.39 is 18.0 Å². The van der Waals surface area contributed by atoms with Crippen LogP contribution in [0.5, 0.6) is 0 Å². The fraction of sp³-hybridized carbons (Fsp3) is 0.842. The topological polar surface area (TPSA) is 101 Å². The van der Waals surface area contributed by atoms with Crippen molar-refractivity contribution in [2.24, 2.45) is 5.73 Å². The van der Waals surface area contributed by atoms with Gasteiger partial charge < -0.3 is 22.9 Å². The monoisotopic (exact) mass is 367 g/mol. The molecular weight excluding hydrogens is 329 g/mol. The second kappa shape index (κ2) is 23.9. The maximum absolute atomic E-state index is 9.99. The Balaban J connectivity index is -0.000000392. The van der Waals surface area contributed by atoms with E-state index in [0.717, 1.165) is 6.42 Å². The molecule has 1 atom stereocenters. The predicted molar refractivity (Wildman–Crippen MR) is 98.9 cm³/mol. The van der Waals surface area contributed by atoms with E-state index in [2.05, 4.69) is 13.8 Å². The van der Waals surface area contributed by atoms with Crippen molar-refractivity contribution in [2.75, 3.05) is 0 Å². The molecule has 0 aliphatic heterocycles. The summed E-state index contributed by atoms with van der Waals surface area (Å²) in [5.41, 5.74) is 5.00. The molecule has 0 saturated heterocycles. The van der Waals surface area contributed by atoms with E-state index in [9.17, 15) is 9.59 Å². The molecule has 0 aromatic heterocycles. The van der Waals surface area contributed by atoms with Crippen LogP contribution in [0.25, 0.3) is 0 Å². The fourth-order valence-electron chi connectivity index (χ4n) is 2.24. The summed E-state index contributed by atoms with van der Waals surface area (Å²) in [6.45, 7) is 6.14. The van der Waals surface area contributed by atoms with Crippen molar-refractivity contribution in [2.45, 2.75) is 103 Å². The summed E-state index contributed by atoms with van der Waals surface area (Å²) in [5.74, 6) is -2.20. The van der Waals surface area contributed by atoms with Crippen LogP contribution in [0, 0.1) is 6.92 Å². The smallest absolute Gasteiger partial charge is 0.481 e. The van der Waals surface area contributed by atoms with Gasteiger partial charge in [0.25, 0.3) is 0 Å². The summed E-state index contributed by atoms with van der Waals surface area (Å²) < 4.78 is 0. The van der Waals surface area contributed by atoms with Gasteiger partial charge in [-0.1, -0.05) is 77.6 Å². The molecule has 0 bridgehead atoms. The van der Waals surface area contributed by atoms with Crippen molar-refractivity contribution >= 4 is 11.9 Å². The summed E-state index contributed by atoms with van der Waals surface area (Å²) in [6.07, 6.45) is 16.6. The summed E-state index contributed by atoms with van der Waals surface area (Å²) >= 11 is 0. The Bertz CT molecular complexity index is 289. The molecule has 0 aliphatic rings. The van der Waals surface area contributed by atoms with Gasteiger partial charge in [0.1, 0.15) is 6.04 Å². The molecule has 0 fully saturated rings. The Hall–Kier alpha value is -0.100. The van der Waals surface area contributed by atoms with E-state index >= 15 is 0 Å². The Labute approximate surface area is 176 Å². The average Bonchev–Trinajstić information content (AvgIpc) is 2.55. The van der Waals surface area contributed by atoms with Gasteiger partial charge in [0.05, 0.1) is 0 Å². The van der Waals surface area contributed by atoms with Crippen LogP contribution in [0.2, 0.25) is 0 Å². The van der Waals surface area contributed by atoms with Crippen LogP contribution in [-0.4, -0.2) is 28.2 Å². The van der Waals surface area contributed by atoms with Gasteiger partial charge in [0.15, 0.2) is 0 Å². The molecule has 0 aromatic rings. The van der Waals surface area contributed by atoms with Crippen molar-refractivity contribution in [1.82, 2.24) is 0 Å². The minimum Gasteiger partial charge on any atom is -0.481 e. The quantitative estimate of drug-likeness (QED) is 0.233. The van der Waals surface area contributed by atoms with E-state index in [-0.39, 0.29) is 42.4 Å². The van der Waals surface area contributed by atoms with Crippen molar-refractivity contribution in [1.29, 1.82) is 0 Å². The zero-order chi connectivity index (χ0) is 18.6. The number of carboxylic acid groups (broad SMARTS) is 2. The number of hydrogen-bond donors (Lipinski definition) is 3. The van der Waals surface area contributed by atoms with Crippen LogP contribution in [0.4, 0.5) is 0 Å². The van der Waals surface area contributed by atoms with Gasteiger partial charge in [-0.15, -0.1) is 0 Å². The zero-order valence-electron chi connectivity index (χ0n) is 16.5. The van der Waals surface area contributed by atoms with E-state index in [1.54, 1.807) is 0 Å². The maximum atomic E-state index is 9.99. The van der Waals surface area contributed by atoms with Crippen molar-refractivity contribution in [3.05, 3.63) is 6.92 Å². The van der Waals surface area contributed by atoms with E-state index in [4.69, 9.17) is 15.9 Å². The molecule has 4 N–H and O–H groups in total. The van der Waals surface area contributed by atoms with Gasteiger partial charge in [0.2, 0.25) is 0 Å². The maximum Gasteiger partial charge on any atom is 1.00 e. The third-order valence-electron chi connectivity index (χ3n) is 3.84. The average molecular weight is 368 g/mol. The Morgan fingerprint density at radius 2 is 1.28 bits per heavy atom. The third-order valence-corrected chi connectivity index (χ3v) is 3.84. The van der Waals surface area contributed by atoms with Crippen molar-refractivity contribution < 1.29 is 49.4 Å². The summed E-state index contributed by atoms with van der Waals surface area (Å²) in [4.78, 5) is 19.9. The number of rotatable bonds is 15. The Morgan fingerprint density at radius 3 is 1.60 bits per heavy atom. The van der Waals surface area contributed by atoms with Gasteiger partial charge in [-0.2, -0.15) is 6.42 Å².